The molecule has 0 amide bonds. The number of ether oxygens (including phenoxy) is 1. The number of carbonyl (C=O) groups is 1. The second-order valence-electron chi connectivity index (χ2n) is 3.84. The summed E-state index contributed by atoms with van der Waals surface area (Å²) < 4.78 is 5.60. The van der Waals surface area contributed by atoms with Crippen molar-refractivity contribution in [2.75, 3.05) is 5.73 Å². The Bertz CT molecular complexity index is 596. The summed E-state index contributed by atoms with van der Waals surface area (Å²) in [6.45, 7) is 1.47. The summed E-state index contributed by atoms with van der Waals surface area (Å²) in [6, 6.07) is 12.1. The highest BCUT2D eigenvalue weighted by molar-refractivity contribution is 6.32. The maximum atomic E-state index is 11.2. The third kappa shape index (κ3) is 2.63. The van der Waals surface area contributed by atoms with Crippen LogP contribution < -0.4 is 10.5 Å². The number of ketones is 1. The topological polar surface area (TPSA) is 52.3 Å². The second-order valence-corrected chi connectivity index (χ2v) is 4.24. The van der Waals surface area contributed by atoms with Crippen molar-refractivity contribution in [3.63, 3.8) is 0 Å². The number of anilines is 1. The summed E-state index contributed by atoms with van der Waals surface area (Å²) >= 11 is 5.99. The van der Waals surface area contributed by atoms with Gasteiger partial charge in [-0.05, 0) is 31.2 Å². The van der Waals surface area contributed by atoms with Crippen molar-refractivity contribution < 1.29 is 9.53 Å². The van der Waals surface area contributed by atoms with Crippen LogP contribution in [0.1, 0.15) is 17.3 Å². The first-order valence-electron chi connectivity index (χ1n) is 5.41. The van der Waals surface area contributed by atoms with Gasteiger partial charge in [0.25, 0.3) is 0 Å². The quantitative estimate of drug-likeness (QED) is 0.673. The molecule has 0 aliphatic carbocycles. The zero-order valence-electron chi connectivity index (χ0n) is 9.81. The average molecular weight is 262 g/mol. The highest BCUT2D eigenvalue weighted by atomic mass is 35.5. The van der Waals surface area contributed by atoms with Gasteiger partial charge in [0, 0.05) is 17.3 Å². The van der Waals surface area contributed by atoms with E-state index < -0.39 is 0 Å². The van der Waals surface area contributed by atoms with Gasteiger partial charge in [0.2, 0.25) is 0 Å². The van der Waals surface area contributed by atoms with Crippen molar-refractivity contribution in [2.24, 2.45) is 0 Å². The molecule has 0 bridgehead atoms. The molecule has 18 heavy (non-hydrogen) atoms. The van der Waals surface area contributed by atoms with E-state index in [2.05, 4.69) is 0 Å². The zero-order chi connectivity index (χ0) is 13.1. The Balaban J connectivity index is 2.29. The van der Waals surface area contributed by atoms with Gasteiger partial charge < -0.3 is 10.5 Å². The van der Waals surface area contributed by atoms with Crippen LogP contribution in [0.2, 0.25) is 5.02 Å². The lowest BCUT2D eigenvalue weighted by Crippen LogP contribution is -1.99. The van der Waals surface area contributed by atoms with E-state index in [1.807, 2.05) is 12.1 Å². The number of para-hydroxylation sites is 1. The molecular weight excluding hydrogens is 250 g/mol. The molecule has 2 N–H and O–H groups in total. The normalized spacial score (nSPS) is 10.1. The van der Waals surface area contributed by atoms with Gasteiger partial charge in [0.1, 0.15) is 11.5 Å². The molecule has 2 aromatic carbocycles. The van der Waals surface area contributed by atoms with Gasteiger partial charge in [0.15, 0.2) is 5.78 Å². The van der Waals surface area contributed by atoms with Crippen LogP contribution in [-0.2, 0) is 0 Å². The smallest absolute Gasteiger partial charge is 0.161 e. The van der Waals surface area contributed by atoms with Crippen LogP contribution in [0.4, 0.5) is 5.69 Å². The van der Waals surface area contributed by atoms with Crippen molar-refractivity contribution in [3.8, 4) is 11.5 Å². The number of nitrogens with two attached hydrogens (primary N) is 1. The Hall–Kier alpha value is -2.00. The Morgan fingerprint density at radius 1 is 1.22 bits per heavy atom. The second kappa shape index (κ2) is 5.10. The highest BCUT2D eigenvalue weighted by Crippen LogP contribution is 2.30. The molecule has 92 valence electrons. The van der Waals surface area contributed by atoms with Crippen LogP contribution in [0.15, 0.2) is 42.5 Å². The third-order valence-corrected chi connectivity index (χ3v) is 2.78. The van der Waals surface area contributed by atoms with Gasteiger partial charge in [-0.1, -0.05) is 23.7 Å². The number of Topliss-reactive ketones (excluding diaryl/α,β-unsaturated/α-hetero) is 1. The number of rotatable bonds is 3. The van der Waals surface area contributed by atoms with Gasteiger partial charge in [-0.15, -0.1) is 0 Å². The van der Waals surface area contributed by atoms with Crippen molar-refractivity contribution in [2.45, 2.75) is 6.92 Å². The number of halogens is 1. The fraction of sp³-hybridized carbons (Fsp3) is 0.0714. The first kappa shape index (κ1) is 12.5. The van der Waals surface area contributed by atoms with E-state index in [9.17, 15) is 4.79 Å². The van der Waals surface area contributed by atoms with Crippen LogP contribution in [0.5, 0.6) is 11.5 Å². The molecule has 0 aliphatic rings. The molecule has 0 saturated carbocycles. The van der Waals surface area contributed by atoms with Crippen molar-refractivity contribution in [1.29, 1.82) is 0 Å². The molecule has 2 aromatic rings. The van der Waals surface area contributed by atoms with Crippen molar-refractivity contribution in [3.05, 3.63) is 53.1 Å². The minimum Gasteiger partial charge on any atom is -0.456 e. The van der Waals surface area contributed by atoms with E-state index in [-0.39, 0.29) is 5.78 Å². The van der Waals surface area contributed by atoms with E-state index in [1.165, 1.54) is 6.92 Å². The molecule has 2 rings (SSSR count). The number of nitrogen functional groups attached to an aromatic ring is 1. The van der Waals surface area contributed by atoms with E-state index in [0.717, 1.165) is 0 Å². The fourth-order valence-electron chi connectivity index (χ4n) is 1.58. The van der Waals surface area contributed by atoms with Gasteiger partial charge >= 0.3 is 0 Å². The average Bonchev–Trinajstić information content (AvgIpc) is 2.32. The number of carbonyl (C=O) groups excluding carboxylic acids is 1. The van der Waals surface area contributed by atoms with E-state index in [0.29, 0.717) is 27.8 Å². The monoisotopic (exact) mass is 261 g/mol. The molecule has 0 radical (unpaired) electrons. The zero-order valence-corrected chi connectivity index (χ0v) is 10.6. The molecule has 4 heteroatoms. The maximum absolute atomic E-state index is 11.2. The summed E-state index contributed by atoms with van der Waals surface area (Å²) in [5, 5.41) is 0.520. The standard InChI is InChI=1S/C14H12ClNO2/c1-9(17)11-7-6-10(8-13(11)16)18-14-5-3-2-4-12(14)15/h2-8H,16H2,1H3. The fourth-order valence-corrected chi connectivity index (χ4v) is 1.75. The van der Waals surface area contributed by atoms with Crippen LogP contribution in [-0.4, -0.2) is 5.78 Å². The first-order valence-corrected chi connectivity index (χ1v) is 5.78. The Morgan fingerprint density at radius 2 is 1.94 bits per heavy atom. The molecular formula is C14H12ClNO2. The van der Waals surface area contributed by atoms with Crippen LogP contribution in [0, 0.1) is 0 Å². The van der Waals surface area contributed by atoms with Crippen LogP contribution in [0.25, 0.3) is 0 Å². The van der Waals surface area contributed by atoms with Crippen LogP contribution >= 0.6 is 11.6 Å². The Morgan fingerprint density at radius 3 is 2.56 bits per heavy atom. The van der Waals surface area contributed by atoms with Gasteiger partial charge in [-0.3, -0.25) is 4.79 Å². The Kier molecular flexibility index (Phi) is 3.53. The minimum absolute atomic E-state index is 0.0724. The largest absolute Gasteiger partial charge is 0.456 e. The lowest BCUT2D eigenvalue weighted by molar-refractivity contribution is 0.101. The highest BCUT2D eigenvalue weighted by Gasteiger charge is 2.07. The lowest BCUT2D eigenvalue weighted by Gasteiger charge is -2.09. The van der Waals surface area contributed by atoms with Gasteiger partial charge in [-0.2, -0.15) is 0 Å². The molecule has 3 nitrogen and oxygen atoms in total. The predicted molar refractivity (Wildman–Crippen MR) is 72.4 cm³/mol. The summed E-state index contributed by atoms with van der Waals surface area (Å²) in [6.07, 6.45) is 0. The van der Waals surface area contributed by atoms with Gasteiger partial charge in [-0.25, -0.2) is 0 Å². The van der Waals surface area contributed by atoms with Gasteiger partial charge in [0.05, 0.1) is 5.02 Å². The molecule has 0 unspecified atom stereocenters. The maximum Gasteiger partial charge on any atom is 0.161 e. The summed E-state index contributed by atoms with van der Waals surface area (Å²) in [4.78, 5) is 11.2. The van der Waals surface area contributed by atoms with Crippen LogP contribution in [0.3, 0.4) is 0 Å². The molecule has 0 spiro atoms. The van der Waals surface area contributed by atoms with E-state index in [1.54, 1.807) is 30.3 Å². The molecule has 0 saturated heterocycles. The van der Waals surface area contributed by atoms with E-state index in [4.69, 9.17) is 22.1 Å². The SMILES string of the molecule is CC(=O)c1ccc(Oc2ccccc2Cl)cc1N. The lowest BCUT2D eigenvalue weighted by atomic mass is 10.1. The van der Waals surface area contributed by atoms with Crippen molar-refractivity contribution in [1.82, 2.24) is 0 Å². The minimum atomic E-state index is -0.0724. The number of hydrogen-bond acceptors (Lipinski definition) is 3. The molecule has 0 aromatic heterocycles. The number of hydrogen-bond donors (Lipinski definition) is 1. The summed E-state index contributed by atoms with van der Waals surface area (Å²) in [5.41, 5.74) is 6.66. The third-order valence-electron chi connectivity index (χ3n) is 2.47. The number of benzene rings is 2. The predicted octanol–water partition coefficient (Wildman–Crippen LogP) is 3.92. The summed E-state index contributed by atoms with van der Waals surface area (Å²) in [5.74, 6) is 1.02. The molecule has 0 atom stereocenters. The van der Waals surface area contributed by atoms with Crippen molar-refractivity contribution >= 4 is 23.1 Å². The Labute approximate surface area is 110 Å². The molecule has 0 fully saturated rings. The van der Waals surface area contributed by atoms with E-state index >= 15 is 0 Å². The summed E-state index contributed by atoms with van der Waals surface area (Å²) in [7, 11) is 0. The molecule has 0 heterocycles. The first-order chi connectivity index (χ1) is 8.58. The molecule has 0 aliphatic heterocycles.